The zero-order valence-electron chi connectivity index (χ0n) is 15.7. The van der Waals surface area contributed by atoms with Gasteiger partial charge in [-0.3, -0.25) is 14.3 Å². The lowest BCUT2D eigenvalue weighted by Crippen LogP contribution is -2.26. The molecular weight excluding hydrogens is 359 g/mol. The molecule has 0 saturated heterocycles. The van der Waals surface area contributed by atoms with E-state index in [9.17, 15) is 14.0 Å². The van der Waals surface area contributed by atoms with Gasteiger partial charge in [-0.05, 0) is 23.3 Å². The Morgan fingerprint density at radius 1 is 1.07 bits per heavy atom. The summed E-state index contributed by atoms with van der Waals surface area (Å²) < 4.78 is 14.8. The molecule has 1 N–H and O–H groups in total. The Morgan fingerprint density at radius 2 is 1.79 bits per heavy atom. The molecule has 1 aromatic heterocycles. The smallest absolute Gasteiger partial charge is 0.274 e. The van der Waals surface area contributed by atoms with Crippen molar-refractivity contribution in [1.29, 1.82) is 0 Å². The van der Waals surface area contributed by atoms with E-state index in [1.807, 2.05) is 30.3 Å². The van der Waals surface area contributed by atoms with Crippen LogP contribution in [0.5, 0.6) is 0 Å². The lowest BCUT2D eigenvalue weighted by atomic mass is 10.1. The van der Waals surface area contributed by atoms with E-state index in [-0.39, 0.29) is 36.3 Å². The van der Waals surface area contributed by atoms with E-state index in [0.717, 1.165) is 5.56 Å². The van der Waals surface area contributed by atoms with Crippen LogP contribution in [0, 0.1) is 5.82 Å². The Labute approximate surface area is 162 Å². The van der Waals surface area contributed by atoms with Crippen LogP contribution in [-0.4, -0.2) is 33.5 Å². The van der Waals surface area contributed by atoms with Crippen LogP contribution in [-0.2, 0) is 24.8 Å². The predicted octanol–water partition coefficient (Wildman–Crippen LogP) is 3.01. The number of rotatable bonds is 6. The summed E-state index contributed by atoms with van der Waals surface area (Å²) in [6.45, 7) is 0.253. The predicted molar refractivity (Wildman–Crippen MR) is 104 cm³/mol. The van der Waals surface area contributed by atoms with Crippen molar-refractivity contribution in [2.24, 2.45) is 7.05 Å². The van der Waals surface area contributed by atoms with Gasteiger partial charge >= 0.3 is 0 Å². The first-order valence-corrected chi connectivity index (χ1v) is 8.80. The number of hydrogen-bond acceptors (Lipinski definition) is 3. The first-order valence-electron chi connectivity index (χ1n) is 8.80. The van der Waals surface area contributed by atoms with Gasteiger partial charge in [-0.25, -0.2) is 4.39 Å². The van der Waals surface area contributed by atoms with Crippen molar-refractivity contribution in [2.75, 3.05) is 12.4 Å². The monoisotopic (exact) mass is 380 g/mol. The average Bonchev–Trinajstić information content (AvgIpc) is 3.02. The molecule has 0 aliphatic heterocycles. The lowest BCUT2D eigenvalue weighted by Gasteiger charge is -2.15. The second kappa shape index (κ2) is 8.47. The first kappa shape index (κ1) is 19.3. The number of aromatic nitrogens is 2. The van der Waals surface area contributed by atoms with E-state index in [1.165, 1.54) is 27.8 Å². The number of halogens is 1. The molecule has 0 aliphatic carbocycles. The second-order valence-electron chi connectivity index (χ2n) is 6.54. The number of anilines is 1. The van der Waals surface area contributed by atoms with Crippen molar-refractivity contribution in [3.8, 4) is 0 Å². The fourth-order valence-electron chi connectivity index (χ4n) is 2.83. The van der Waals surface area contributed by atoms with Gasteiger partial charge in [-0.15, -0.1) is 0 Å². The van der Waals surface area contributed by atoms with E-state index < -0.39 is 0 Å². The molecule has 7 heteroatoms. The van der Waals surface area contributed by atoms with E-state index in [0.29, 0.717) is 11.4 Å². The van der Waals surface area contributed by atoms with Crippen molar-refractivity contribution < 1.29 is 14.0 Å². The van der Waals surface area contributed by atoms with Crippen LogP contribution in [0.1, 0.15) is 21.6 Å². The Balaban J connectivity index is 1.65. The molecular formula is C21H21FN4O2. The number of nitrogens with one attached hydrogen (secondary N) is 1. The zero-order valence-corrected chi connectivity index (χ0v) is 15.7. The quantitative estimate of drug-likeness (QED) is 0.715. The van der Waals surface area contributed by atoms with Gasteiger partial charge in [-0.2, -0.15) is 5.10 Å². The highest BCUT2D eigenvalue weighted by atomic mass is 19.1. The Bertz CT molecular complexity index is 985. The number of carbonyl (C=O) groups excluding carboxylic acids is 2. The van der Waals surface area contributed by atoms with E-state index in [2.05, 4.69) is 10.4 Å². The number of hydrogen-bond donors (Lipinski definition) is 1. The summed E-state index contributed by atoms with van der Waals surface area (Å²) >= 11 is 0. The zero-order chi connectivity index (χ0) is 20.1. The SMILES string of the molecule is CN(Cc1cccc(F)c1)C(=O)c1cc(NC(=O)Cc2ccccc2)n(C)n1. The molecule has 0 atom stereocenters. The summed E-state index contributed by atoms with van der Waals surface area (Å²) in [6, 6.07) is 17.0. The summed E-state index contributed by atoms with van der Waals surface area (Å²) in [6.07, 6.45) is 0.231. The van der Waals surface area contributed by atoms with Crippen LogP contribution in [0.3, 0.4) is 0 Å². The van der Waals surface area contributed by atoms with Crippen molar-refractivity contribution in [2.45, 2.75) is 13.0 Å². The molecule has 28 heavy (non-hydrogen) atoms. The molecule has 0 bridgehead atoms. The van der Waals surface area contributed by atoms with Crippen molar-refractivity contribution in [3.63, 3.8) is 0 Å². The van der Waals surface area contributed by atoms with Gasteiger partial charge < -0.3 is 10.2 Å². The summed E-state index contributed by atoms with van der Waals surface area (Å²) in [7, 11) is 3.27. The largest absolute Gasteiger partial charge is 0.336 e. The number of nitrogens with zero attached hydrogens (tertiary/aromatic N) is 3. The minimum atomic E-state index is -0.348. The maximum absolute atomic E-state index is 13.3. The molecule has 6 nitrogen and oxygen atoms in total. The van der Waals surface area contributed by atoms with Crippen molar-refractivity contribution >= 4 is 17.6 Å². The highest BCUT2D eigenvalue weighted by Crippen LogP contribution is 2.14. The third-order valence-corrected chi connectivity index (χ3v) is 4.23. The molecule has 0 aliphatic rings. The van der Waals surface area contributed by atoms with E-state index in [1.54, 1.807) is 26.2 Å². The molecule has 0 unspecified atom stereocenters. The third kappa shape index (κ3) is 4.82. The number of carbonyl (C=O) groups is 2. The van der Waals surface area contributed by atoms with Crippen LogP contribution < -0.4 is 5.32 Å². The van der Waals surface area contributed by atoms with Crippen LogP contribution >= 0.6 is 0 Å². The van der Waals surface area contributed by atoms with Crippen LogP contribution in [0.15, 0.2) is 60.7 Å². The molecule has 1 heterocycles. The van der Waals surface area contributed by atoms with Gasteiger partial charge in [0, 0.05) is 26.7 Å². The van der Waals surface area contributed by atoms with Gasteiger partial charge in [0.25, 0.3) is 5.91 Å². The van der Waals surface area contributed by atoms with Gasteiger partial charge in [0.05, 0.1) is 6.42 Å². The molecule has 3 rings (SSSR count). The van der Waals surface area contributed by atoms with Gasteiger partial charge in [0.2, 0.25) is 5.91 Å². The number of benzene rings is 2. The molecule has 0 saturated carbocycles. The summed E-state index contributed by atoms with van der Waals surface area (Å²) in [5, 5.41) is 6.96. The maximum Gasteiger partial charge on any atom is 0.274 e. The van der Waals surface area contributed by atoms with E-state index >= 15 is 0 Å². The molecule has 2 aromatic carbocycles. The number of amides is 2. The highest BCUT2D eigenvalue weighted by Gasteiger charge is 2.18. The van der Waals surface area contributed by atoms with Crippen LogP contribution in [0.4, 0.5) is 10.2 Å². The molecule has 3 aromatic rings. The fourth-order valence-corrected chi connectivity index (χ4v) is 2.83. The Morgan fingerprint density at radius 3 is 2.50 bits per heavy atom. The van der Waals surface area contributed by atoms with Gasteiger partial charge in [-0.1, -0.05) is 42.5 Å². The Kier molecular flexibility index (Phi) is 5.84. The molecule has 0 spiro atoms. The minimum absolute atomic E-state index is 0.193. The molecule has 0 fully saturated rings. The molecule has 0 radical (unpaired) electrons. The average molecular weight is 380 g/mol. The minimum Gasteiger partial charge on any atom is -0.336 e. The summed E-state index contributed by atoms with van der Waals surface area (Å²) in [5.74, 6) is -0.423. The first-order chi connectivity index (χ1) is 13.4. The van der Waals surface area contributed by atoms with E-state index in [4.69, 9.17) is 0 Å². The van der Waals surface area contributed by atoms with Gasteiger partial charge in [0.1, 0.15) is 11.6 Å². The lowest BCUT2D eigenvalue weighted by molar-refractivity contribution is -0.115. The standard InChI is InChI=1S/C21H21FN4O2/c1-25(14-16-9-6-10-17(22)11-16)21(28)18-13-19(26(2)24-18)23-20(27)12-15-7-4-3-5-8-15/h3-11,13H,12,14H2,1-2H3,(H,23,27). The third-order valence-electron chi connectivity index (χ3n) is 4.23. The van der Waals surface area contributed by atoms with Crippen LogP contribution in [0.25, 0.3) is 0 Å². The maximum atomic E-state index is 13.3. The Hall–Kier alpha value is -3.48. The molecule has 2 amide bonds. The second-order valence-corrected chi connectivity index (χ2v) is 6.54. The normalized spacial score (nSPS) is 10.5. The molecule has 144 valence electrons. The summed E-state index contributed by atoms with van der Waals surface area (Å²) in [4.78, 5) is 26.3. The highest BCUT2D eigenvalue weighted by molar-refractivity contribution is 5.95. The number of aryl methyl sites for hydroxylation is 1. The van der Waals surface area contributed by atoms with Crippen molar-refractivity contribution in [3.05, 3.63) is 83.3 Å². The summed E-state index contributed by atoms with van der Waals surface area (Å²) in [5.41, 5.74) is 1.79. The fraction of sp³-hybridized carbons (Fsp3) is 0.190. The van der Waals surface area contributed by atoms with Crippen molar-refractivity contribution in [1.82, 2.24) is 14.7 Å². The topological polar surface area (TPSA) is 67.2 Å². The van der Waals surface area contributed by atoms with Gasteiger partial charge in [0.15, 0.2) is 5.69 Å². The van der Waals surface area contributed by atoms with Crippen LogP contribution in [0.2, 0.25) is 0 Å².